The number of rotatable bonds is 4. The Hall–Kier alpha value is -2.26. The van der Waals surface area contributed by atoms with E-state index in [1.54, 1.807) is 6.20 Å². The first-order chi connectivity index (χ1) is 10.9. The van der Waals surface area contributed by atoms with E-state index in [0.29, 0.717) is 5.56 Å². The van der Waals surface area contributed by atoms with E-state index in [4.69, 9.17) is 0 Å². The molecule has 122 valence electrons. The number of pyridine rings is 1. The van der Waals surface area contributed by atoms with Crippen molar-refractivity contribution in [2.24, 2.45) is 0 Å². The molecule has 3 heterocycles. The number of nitrogens with zero attached hydrogens (tertiary/aromatic N) is 3. The van der Waals surface area contributed by atoms with E-state index in [0.717, 1.165) is 12.2 Å². The van der Waals surface area contributed by atoms with Gasteiger partial charge in [-0.05, 0) is 32.5 Å². The summed E-state index contributed by atoms with van der Waals surface area (Å²) in [5.41, 5.74) is 0.303. The number of nitrogens with one attached hydrogen (secondary N) is 2. The number of fused-ring (bicyclic) bond motifs is 1. The molecule has 0 unspecified atom stereocenters. The molecule has 0 saturated heterocycles. The van der Waals surface area contributed by atoms with Crippen LogP contribution in [0.4, 0.5) is 0 Å². The quantitative estimate of drug-likeness (QED) is 0.852. The van der Waals surface area contributed by atoms with Gasteiger partial charge in [0.1, 0.15) is 5.82 Å². The summed E-state index contributed by atoms with van der Waals surface area (Å²) in [4.78, 5) is 20.4. The van der Waals surface area contributed by atoms with Gasteiger partial charge in [-0.25, -0.2) is 23.1 Å². The molecule has 0 spiro atoms. The second-order valence-corrected chi connectivity index (χ2v) is 7.23. The Labute approximate surface area is 134 Å². The minimum atomic E-state index is -3.61. The number of carbonyl (C=O) groups excluding carboxylic acids is 1. The average molecular weight is 335 g/mol. The molecule has 0 radical (unpaired) electrons. The smallest absolute Gasteiger partial charge is 0.257 e. The highest BCUT2D eigenvalue weighted by Gasteiger charge is 2.30. The van der Waals surface area contributed by atoms with Gasteiger partial charge in [0.05, 0.1) is 11.6 Å². The van der Waals surface area contributed by atoms with Gasteiger partial charge in [0.2, 0.25) is 0 Å². The van der Waals surface area contributed by atoms with E-state index in [1.165, 1.54) is 25.4 Å². The van der Waals surface area contributed by atoms with Gasteiger partial charge < -0.3 is 9.88 Å². The molecule has 2 aromatic heterocycles. The summed E-state index contributed by atoms with van der Waals surface area (Å²) < 4.78 is 27.4. The maximum Gasteiger partial charge on any atom is 0.257 e. The van der Waals surface area contributed by atoms with Crippen LogP contribution in [-0.4, -0.2) is 35.9 Å². The number of sulfonamides is 1. The highest BCUT2D eigenvalue weighted by atomic mass is 32.2. The minimum Gasteiger partial charge on any atom is -0.342 e. The molecule has 0 aliphatic carbocycles. The molecule has 2 aromatic rings. The van der Waals surface area contributed by atoms with Crippen molar-refractivity contribution in [2.45, 2.75) is 30.5 Å². The normalized spacial score (nSPS) is 20.3. The molecule has 0 aromatic carbocycles. The molecule has 1 amide bonds. The van der Waals surface area contributed by atoms with Crippen LogP contribution in [0.15, 0.2) is 35.7 Å². The number of imidazole rings is 1. The second-order valence-electron chi connectivity index (χ2n) is 5.40. The average Bonchev–Trinajstić information content (AvgIpc) is 3.13. The Bertz CT molecular complexity index is 828. The molecule has 0 fully saturated rings. The first-order valence-electron chi connectivity index (χ1n) is 7.15. The lowest BCUT2D eigenvalue weighted by molar-refractivity contribution is 0.0934. The fraction of sp³-hybridized carbons (Fsp3) is 0.357. The highest BCUT2D eigenvalue weighted by molar-refractivity contribution is 7.89. The van der Waals surface area contributed by atoms with Crippen molar-refractivity contribution in [1.29, 1.82) is 0 Å². The SMILES string of the molecule is CNS(=O)(=O)c1ccc(C(=O)N[C@@H]2C[C@H](C)n3ccnc32)cn1. The molecule has 23 heavy (non-hydrogen) atoms. The van der Waals surface area contributed by atoms with Gasteiger partial charge in [-0.15, -0.1) is 0 Å². The molecule has 9 heteroatoms. The molecule has 0 bridgehead atoms. The molecule has 3 rings (SSSR count). The summed E-state index contributed by atoms with van der Waals surface area (Å²) in [6, 6.07) is 2.86. The van der Waals surface area contributed by atoms with Crippen molar-refractivity contribution < 1.29 is 13.2 Å². The molecular formula is C14H17N5O3S. The van der Waals surface area contributed by atoms with Crippen LogP contribution in [0.5, 0.6) is 0 Å². The summed E-state index contributed by atoms with van der Waals surface area (Å²) >= 11 is 0. The second kappa shape index (κ2) is 5.74. The van der Waals surface area contributed by atoms with Gasteiger partial charge in [-0.1, -0.05) is 0 Å². The molecule has 2 atom stereocenters. The molecule has 0 saturated carbocycles. The lowest BCUT2D eigenvalue weighted by atomic mass is 10.1. The van der Waals surface area contributed by atoms with Crippen LogP contribution in [0, 0.1) is 0 Å². The lowest BCUT2D eigenvalue weighted by Crippen LogP contribution is -2.28. The fourth-order valence-electron chi connectivity index (χ4n) is 2.67. The largest absolute Gasteiger partial charge is 0.342 e. The van der Waals surface area contributed by atoms with E-state index in [9.17, 15) is 13.2 Å². The Morgan fingerprint density at radius 3 is 2.78 bits per heavy atom. The van der Waals surface area contributed by atoms with E-state index < -0.39 is 10.0 Å². The number of hydrogen-bond donors (Lipinski definition) is 2. The maximum atomic E-state index is 12.3. The van der Waals surface area contributed by atoms with E-state index in [-0.39, 0.29) is 23.0 Å². The van der Waals surface area contributed by atoms with Gasteiger partial charge in [-0.3, -0.25) is 4.79 Å². The van der Waals surface area contributed by atoms with Crippen molar-refractivity contribution >= 4 is 15.9 Å². The highest BCUT2D eigenvalue weighted by Crippen LogP contribution is 2.32. The number of amides is 1. The number of carbonyl (C=O) groups is 1. The summed E-state index contributed by atoms with van der Waals surface area (Å²) in [7, 11) is -2.30. The van der Waals surface area contributed by atoms with Gasteiger partial charge >= 0.3 is 0 Å². The van der Waals surface area contributed by atoms with Gasteiger partial charge in [0, 0.05) is 24.6 Å². The fourth-order valence-corrected chi connectivity index (χ4v) is 3.32. The molecule has 8 nitrogen and oxygen atoms in total. The third-order valence-corrected chi connectivity index (χ3v) is 5.24. The van der Waals surface area contributed by atoms with Crippen LogP contribution in [0.25, 0.3) is 0 Å². The van der Waals surface area contributed by atoms with Crippen molar-refractivity contribution in [3.05, 3.63) is 42.1 Å². The molecule has 2 N–H and O–H groups in total. The predicted octanol–water partition coefficient (Wildman–Crippen LogP) is 0.622. The van der Waals surface area contributed by atoms with Crippen LogP contribution >= 0.6 is 0 Å². The predicted molar refractivity (Wildman–Crippen MR) is 82.2 cm³/mol. The third-order valence-electron chi connectivity index (χ3n) is 3.91. The Morgan fingerprint density at radius 1 is 1.35 bits per heavy atom. The topological polar surface area (TPSA) is 106 Å². The zero-order valence-electron chi connectivity index (χ0n) is 12.7. The van der Waals surface area contributed by atoms with Crippen LogP contribution in [0.3, 0.4) is 0 Å². The maximum absolute atomic E-state index is 12.3. The number of aromatic nitrogens is 3. The lowest BCUT2D eigenvalue weighted by Gasteiger charge is -2.11. The van der Waals surface area contributed by atoms with Crippen LogP contribution in [0.2, 0.25) is 0 Å². The Morgan fingerprint density at radius 2 is 2.13 bits per heavy atom. The van der Waals surface area contributed by atoms with Crippen molar-refractivity contribution in [3.63, 3.8) is 0 Å². The van der Waals surface area contributed by atoms with Gasteiger partial charge in [0.15, 0.2) is 5.03 Å². The molecular weight excluding hydrogens is 318 g/mol. The molecule has 1 aliphatic heterocycles. The summed E-state index contributed by atoms with van der Waals surface area (Å²) in [5.74, 6) is 0.521. The standard InChI is InChI=1S/C14H17N5O3S/c1-9-7-11(13-16-5-6-19(9)13)18-14(20)10-3-4-12(17-8-10)23(21,22)15-2/h3-6,8-9,11,15H,7H2,1-2H3,(H,18,20)/t9-,11+/m0/s1. The van der Waals surface area contributed by atoms with Crippen molar-refractivity contribution in [3.8, 4) is 0 Å². The van der Waals surface area contributed by atoms with Gasteiger partial charge in [0.25, 0.3) is 15.9 Å². The zero-order chi connectivity index (χ0) is 16.6. The first-order valence-corrected chi connectivity index (χ1v) is 8.64. The van der Waals surface area contributed by atoms with Crippen molar-refractivity contribution in [2.75, 3.05) is 7.05 Å². The van der Waals surface area contributed by atoms with Crippen LogP contribution in [0.1, 0.15) is 41.6 Å². The van der Waals surface area contributed by atoms with E-state index in [1.807, 2.05) is 10.8 Å². The molecule has 1 aliphatic rings. The van der Waals surface area contributed by atoms with Gasteiger partial charge in [-0.2, -0.15) is 0 Å². The summed E-state index contributed by atoms with van der Waals surface area (Å²) in [6.45, 7) is 2.07. The zero-order valence-corrected chi connectivity index (χ0v) is 13.5. The summed E-state index contributed by atoms with van der Waals surface area (Å²) in [6.07, 6.45) is 5.63. The van der Waals surface area contributed by atoms with Crippen LogP contribution in [-0.2, 0) is 10.0 Å². The minimum absolute atomic E-state index is 0.124. The third kappa shape index (κ3) is 2.84. The Kier molecular flexibility index (Phi) is 3.90. The first kappa shape index (κ1) is 15.6. The van der Waals surface area contributed by atoms with Crippen molar-refractivity contribution in [1.82, 2.24) is 24.6 Å². The van der Waals surface area contributed by atoms with Crippen LogP contribution < -0.4 is 10.0 Å². The summed E-state index contributed by atoms with van der Waals surface area (Å²) in [5, 5.41) is 2.79. The van der Waals surface area contributed by atoms with E-state index in [2.05, 4.69) is 26.9 Å². The Balaban J connectivity index is 1.75. The monoisotopic (exact) mass is 335 g/mol. The van der Waals surface area contributed by atoms with E-state index >= 15 is 0 Å². The number of hydrogen-bond acceptors (Lipinski definition) is 5.